The van der Waals surface area contributed by atoms with E-state index in [0.717, 1.165) is 74.2 Å². The fourth-order valence-electron chi connectivity index (χ4n) is 14.2. The second-order valence-corrected chi connectivity index (χ2v) is 25.3. The minimum absolute atomic E-state index is 0.146. The number of allylic oxidation sites excluding steroid dienone is 3. The molecule has 85 heavy (non-hydrogen) atoms. The number of aromatic nitrogens is 4. The molecule has 7 heteroatoms. The van der Waals surface area contributed by atoms with Crippen molar-refractivity contribution in [1.82, 2.24) is 19.5 Å². The number of hydrogen-bond donors (Lipinski definition) is 0. The zero-order chi connectivity index (χ0) is 56.4. The van der Waals surface area contributed by atoms with E-state index in [-0.39, 0.29) is 12.0 Å². The van der Waals surface area contributed by atoms with Crippen LogP contribution < -0.4 is 4.90 Å². The molecular formula is C78H55N5S2. The highest BCUT2D eigenvalue weighted by atomic mass is 32.1. The van der Waals surface area contributed by atoms with Gasteiger partial charge in [-0.3, -0.25) is 0 Å². The minimum Gasteiger partial charge on any atom is -0.333 e. The van der Waals surface area contributed by atoms with Crippen molar-refractivity contribution in [3.8, 4) is 73.2 Å². The Morgan fingerprint density at radius 3 is 1.84 bits per heavy atom. The molecule has 0 amide bonds. The van der Waals surface area contributed by atoms with Gasteiger partial charge >= 0.3 is 0 Å². The maximum absolute atomic E-state index is 5.56. The molecule has 2 atom stereocenters. The molecule has 4 aromatic heterocycles. The lowest BCUT2D eigenvalue weighted by molar-refractivity contribution is 0.745. The Morgan fingerprint density at radius 1 is 0.459 bits per heavy atom. The van der Waals surface area contributed by atoms with Crippen molar-refractivity contribution < 1.29 is 0 Å². The third-order valence-electron chi connectivity index (χ3n) is 17.9. The topological polar surface area (TPSA) is 46.8 Å². The summed E-state index contributed by atoms with van der Waals surface area (Å²) < 4.78 is 6.28. The van der Waals surface area contributed by atoms with E-state index in [1.165, 1.54) is 90.5 Å². The summed E-state index contributed by atoms with van der Waals surface area (Å²) in [5.74, 6) is 2.15. The number of aryl methyl sites for hydroxylation is 4. The van der Waals surface area contributed by atoms with Crippen molar-refractivity contribution in [1.29, 1.82) is 0 Å². The number of hydrogen-bond acceptors (Lipinski definition) is 6. The molecule has 2 unspecified atom stereocenters. The van der Waals surface area contributed by atoms with Gasteiger partial charge in [-0.1, -0.05) is 188 Å². The van der Waals surface area contributed by atoms with Crippen LogP contribution in [0.25, 0.3) is 131 Å². The van der Waals surface area contributed by atoms with Gasteiger partial charge in [-0.25, -0.2) is 15.0 Å². The molecule has 2 aliphatic carbocycles. The molecule has 404 valence electrons. The van der Waals surface area contributed by atoms with Crippen LogP contribution in [-0.4, -0.2) is 25.6 Å². The molecule has 0 fully saturated rings. The first kappa shape index (κ1) is 49.8. The minimum atomic E-state index is 0.146. The fourth-order valence-corrected chi connectivity index (χ4v) is 16.6. The van der Waals surface area contributed by atoms with Crippen LogP contribution in [0.4, 0.5) is 11.4 Å². The summed E-state index contributed by atoms with van der Waals surface area (Å²) in [4.78, 5) is 20.5. The highest BCUT2D eigenvalue weighted by Gasteiger charge is 2.37. The first-order chi connectivity index (χ1) is 41.8. The molecule has 17 rings (SSSR count). The summed E-state index contributed by atoms with van der Waals surface area (Å²) in [6, 6.07) is 76.7. The van der Waals surface area contributed by atoms with Crippen molar-refractivity contribution in [2.75, 3.05) is 4.90 Å². The van der Waals surface area contributed by atoms with Crippen molar-refractivity contribution in [3.63, 3.8) is 0 Å². The normalized spacial score (nSPS) is 15.2. The van der Waals surface area contributed by atoms with Gasteiger partial charge in [0, 0.05) is 85.6 Å². The SMILES string of the molecule is Cc1cc(C)c(-c2ccc3c(c2)c2ccc(N4c5ccccc5C5C=CC=CC54)cc2n3-c2c(-c3ccccc3)cc(-c3nc(-c4ccc5c6c(sc5c4)CCC=C6)nc(-c4ccc5c(c4)sc4ccccc45)n3)cc2-c2ccccc2)c(C)c1. The highest BCUT2D eigenvalue weighted by Crippen LogP contribution is 2.51. The van der Waals surface area contributed by atoms with E-state index >= 15 is 0 Å². The van der Waals surface area contributed by atoms with E-state index in [1.807, 2.05) is 22.7 Å². The molecule has 10 aromatic carbocycles. The summed E-state index contributed by atoms with van der Waals surface area (Å²) in [5.41, 5.74) is 21.9. The number of fused-ring (bicyclic) bond motifs is 12. The number of nitrogens with zero attached hydrogens (tertiary/aromatic N) is 5. The molecule has 3 aliphatic rings. The molecule has 0 saturated heterocycles. The number of benzene rings is 10. The van der Waals surface area contributed by atoms with Crippen LogP contribution in [0.1, 0.15) is 45.0 Å². The molecule has 0 bridgehead atoms. The monoisotopic (exact) mass is 1130 g/mol. The first-order valence-corrected chi connectivity index (χ1v) is 31.1. The van der Waals surface area contributed by atoms with Gasteiger partial charge in [0.05, 0.1) is 22.8 Å². The maximum atomic E-state index is 5.56. The van der Waals surface area contributed by atoms with Gasteiger partial charge < -0.3 is 9.47 Å². The zero-order valence-corrected chi connectivity index (χ0v) is 48.8. The summed E-state index contributed by atoms with van der Waals surface area (Å²) in [5, 5.41) is 6.17. The molecular weight excluding hydrogens is 1070 g/mol. The van der Waals surface area contributed by atoms with E-state index < -0.39 is 0 Å². The standard InChI is InChI=1S/C78H55N5S2/c1-46-38-47(2)74(48(3)39-46)51-32-37-68-65(40-51)58-36-33-55(82-66-26-14-10-22-56(66)57-23-11-15-27-67(57)82)45-69(58)83(68)75-63(49-18-6-4-7-19-49)41-54(42-64(75)50-20-8-5-9-21-50)78-80-76(52-30-34-61-59-24-12-16-28-70(59)84-72(61)43-52)79-77(81-78)53-31-35-62-60-25-13-17-29-71(60)85-73(62)44-53/h4-16,18-28,30-45,56,66H,17,29H2,1-3H3. The first-order valence-electron chi connectivity index (χ1n) is 29.4. The highest BCUT2D eigenvalue weighted by molar-refractivity contribution is 7.25. The Morgan fingerprint density at radius 2 is 1.08 bits per heavy atom. The molecule has 5 heterocycles. The molecule has 0 saturated carbocycles. The number of para-hydroxylation sites is 1. The third-order valence-corrected chi connectivity index (χ3v) is 20.2. The molecule has 0 N–H and O–H groups in total. The van der Waals surface area contributed by atoms with Crippen molar-refractivity contribution >= 4 is 92.2 Å². The Labute approximate surface area is 501 Å². The van der Waals surface area contributed by atoms with Gasteiger partial charge in [0.15, 0.2) is 17.5 Å². The summed E-state index contributed by atoms with van der Waals surface area (Å²) in [6.45, 7) is 6.69. The van der Waals surface area contributed by atoms with E-state index in [1.54, 1.807) is 0 Å². The zero-order valence-electron chi connectivity index (χ0n) is 47.2. The van der Waals surface area contributed by atoms with Gasteiger partial charge in [-0.15, -0.1) is 22.7 Å². The second-order valence-electron chi connectivity index (χ2n) is 23.1. The van der Waals surface area contributed by atoms with Crippen molar-refractivity contribution in [2.45, 2.75) is 45.6 Å². The van der Waals surface area contributed by atoms with Crippen molar-refractivity contribution in [3.05, 3.63) is 269 Å². The Balaban J connectivity index is 0.939. The molecule has 1 aliphatic heterocycles. The summed E-state index contributed by atoms with van der Waals surface area (Å²) in [6.07, 6.45) is 15.9. The van der Waals surface area contributed by atoms with Crippen LogP contribution in [-0.2, 0) is 6.42 Å². The molecule has 5 nitrogen and oxygen atoms in total. The number of anilines is 2. The van der Waals surface area contributed by atoms with Crippen LogP contribution in [0, 0.1) is 20.8 Å². The Bertz CT molecular complexity index is 5110. The number of thiophene rings is 2. The Kier molecular flexibility index (Phi) is 11.5. The lowest BCUT2D eigenvalue weighted by atomic mass is 9.91. The van der Waals surface area contributed by atoms with Crippen LogP contribution in [0.2, 0.25) is 0 Å². The van der Waals surface area contributed by atoms with E-state index in [4.69, 9.17) is 15.0 Å². The molecule has 14 aromatic rings. The van der Waals surface area contributed by atoms with Crippen LogP contribution in [0.5, 0.6) is 0 Å². The molecule has 0 radical (unpaired) electrons. The lowest BCUT2D eigenvalue weighted by Crippen LogP contribution is -2.28. The van der Waals surface area contributed by atoms with E-state index in [0.29, 0.717) is 17.5 Å². The summed E-state index contributed by atoms with van der Waals surface area (Å²) >= 11 is 3.70. The number of rotatable bonds is 8. The van der Waals surface area contributed by atoms with Crippen LogP contribution in [0.15, 0.2) is 237 Å². The third kappa shape index (κ3) is 8.13. The van der Waals surface area contributed by atoms with Crippen molar-refractivity contribution in [2.24, 2.45) is 0 Å². The smallest absolute Gasteiger partial charge is 0.164 e. The largest absolute Gasteiger partial charge is 0.333 e. The Hall–Kier alpha value is -9.79. The van der Waals surface area contributed by atoms with Gasteiger partial charge in [0.2, 0.25) is 0 Å². The predicted octanol–water partition coefficient (Wildman–Crippen LogP) is 21.2. The molecule has 0 spiro atoms. The summed E-state index contributed by atoms with van der Waals surface area (Å²) in [7, 11) is 0. The van der Waals surface area contributed by atoms with Crippen LogP contribution in [0.3, 0.4) is 0 Å². The van der Waals surface area contributed by atoms with Gasteiger partial charge in [0.1, 0.15) is 0 Å². The van der Waals surface area contributed by atoms with E-state index in [9.17, 15) is 0 Å². The van der Waals surface area contributed by atoms with Gasteiger partial charge in [-0.05, 0) is 144 Å². The van der Waals surface area contributed by atoms with Crippen LogP contribution >= 0.6 is 22.7 Å². The predicted molar refractivity (Wildman–Crippen MR) is 360 cm³/mol. The average Bonchev–Trinajstić information content (AvgIpc) is 2.54. The fraction of sp³-hybridized carbons (Fsp3) is 0.0897. The maximum Gasteiger partial charge on any atom is 0.164 e. The van der Waals surface area contributed by atoms with Gasteiger partial charge in [0.25, 0.3) is 0 Å². The lowest BCUT2D eigenvalue weighted by Gasteiger charge is -2.29. The second kappa shape index (κ2) is 19.7. The van der Waals surface area contributed by atoms with E-state index in [2.05, 4.69) is 273 Å². The quantitative estimate of drug-likeness (QED) is 0.152. The average molecular weight is 1130 g/mol. The van der Waals surface area contributed by atoms with Gasteiger partial charge in [-0.2, -0.15) is 0 Å².